The molecule has 0 bridgehead atoms. The third-order valence-electron chi connectivity index (χ3n) is 6.94. The minimum absolute atomic E-state index is 0.0980. The second-order valence-corrected chi connectivity index (χ2v) is 10.9. The van der Waals surface area contributed by atoms with Gasteiger partial charge in [-0.1, -0.05) is 53.5 Å². The van der Waals surface area contributed by atoms with Gasteiger partial charge in [-0.2, -0.15) is 5.26 Å². The molecule has 1 atom stereocenters. The van der Waals surface area contributed by atoms with Gasteiger partial charge in [-0.3, -0.25) is 9.78 Å². The normalized spacial score (nSPS) is 11.5. The van der Waals surface area contributed by atoms with Crippen molar-refractivity contribution in [2.75, 3.05) is 26.3 Å². The second-order valence-electron chi connectivity index (χ2n) is 10.2. The number of nitrogens with one attached hydrogen (secondary N) is 1. The number of benzene rings is 3. The fourth-order valence-electron chi connectivity index (χ4n) is 4.50. The van der Waals surface area contributed by atoms with Crippen molar-refractivity contribution in [2.24, 2.45) is 0 Å². The predicted octanol–water partition coefficient (Wildman–Crippen LogP) is 5.92. The average Bonchev–Trinajstić information content (AvgIpc) is 3.06. The summed E-state index contributed by atoms with van der Waals surface area (Å²) in [4.78, 5) is 15.7. The quantitative estimate of drug-likeness (QED) is 0.0999. The van der Waals surface area contributed by atoms with E-state index in [0.717, 1.165) is 22.3 Å². The molecule has 4 aromatic rings. The molecule has 3 N–H and O–H groups in total. The van der Waals surface area contributed by atoms with Crippen molar-refractivity contribution < 1.29 is 29.2 Å². The second kappa shape index (κ2) is 16.8. The van der Waals surface area contributed by atoms with Crippen molar-refractivity contribution in [3.05, 3.63) is 105 Å². The van der Waals surface area contributed by atoms with Crippen molar-refractivity contribution in [2.45, 2.75) is 32.7 Å². The Bertz CT molecular complexity index is 1660. The summed E-state index contributed by atoms with van der Waals surface area (Å²) in [7, 11) is 0. The molecule has 234 valence electrons. The molecule has 1 heterocycles. The van der Waals surface area contributed by atoms with E-state index in [-0.39, 0.29) is 30.4 Å². The van der Waals surface area contributed by atoms with Crippen molar-refractivity contribution in [1.29, 1.82) is 5.26 Å². The molecule has 0 amide bonds. The molecule has 11 heteroatoms. The number of rotatable bonds is 16. The molecule has 0 aliphatic heterocycles. The Balaban J connectivity index is 1.44. The molecule has 3 aromatic carbocycles. The Labute approximate surface area is 271 Å². The van der Waals surface area contributed by atoms with Crippen LogP contribution in [0.5, 0.6) is 17.2 Å². The highest BCUT2D eigenvalue weighted by atomic mass is 35.5. The number of carbonyl (C=O) groups is 1. The summed E-state index contributed by atoms with van der Waals surface area (Å²) in [5.74, 6) is 1.20. The van der Waals surface area contributed by atoms with E-state index in [9.17, 15) is 9.90 Å². The molecule has 0 saturated carbocycles. The molecule has 1 aromatic heterocycles. The highest BCUT2D eigenvalue weighted by Gasteiger charge is 2.16. The lowest BCUT2D eigenvalue weighted by atomic mass is 9.96. The first-order valence-corrected chi connectivity index (χ1v) is 15.0. The molecule has 0 spiro atoms. The summed E-state index contributed by atoms with van der Waals surface area (Å²) in [5, 5.41) is 31.2. The van der Waals surface area contributed by atoms with Gasteiger partial charge in [0, 0.05) is 36.1 Å². The minimum atomic E-state index is -0.781. The van der Waals surface area contributed by atoms with E-state index in [0.29, 0.717) is 65.8 Å². The van der Waals surface area contributed by atoms with Gasteiger partial charge in [-0.05, 0) is 54.8 Å². The van der Waals surface area contributed by atoms with Crippen LogP contribution in [0.15, 0.2) is 67.0 Å². The van der Waals surface area contributed by atoms with Crippen LogP contribution in [0, 0.1) is 18.3 Å². The Kier molecular flexibility index (Phi) is 12.6. The van der Waals surface area contributed by atoms with Gasteiger partial charge in [-0.25, -0.2) is 0 Å². The Morgan fingerprint density at radius 2 is 1.78 bits per heavy atom. The number of ether oxygens (including phenoxy) is 3. The van der Waals surface area contributed by atoms with Gasteiger partial charge in [-0.15, -0.1) is 0 Å². The van der Waals surface area contributed by atoms with E-state index < -0.39 is 6.10 Å². The van der Waals surface area contributed by atoms with Gasteiger partial charge in [0.15, 0.2) is 6.29 Å². The Hall–Kier alpha value is -4.17. The van der Waals surface area contributed by atoms with Crippen LogP contribution in [-0.4, -0.2) is 53.9 Å². The number of pyridine rings is 1. The van der Waals surface area contributed by atoms with Crippen LogP contribution in [0.2, 0.25) is 10.0 Å². The standard InChI is InChI=1S/C34H33Cl2N3O6/c1-22-25(5-2-6-28(22)29-7-3-8-31(34(29)36)43-10-4-9-38-17-27(42)19-41)21-45-33-13-32(26(18-40)12-30(33)35)44-20-24-11-23(14-37)15-39-16-24/h2-3,5-8,11-13,15-16,18,27,38,41-42H,4,9-10,17,19-21H2,1H3/t27-/m0/s1. The number of halogens is 2. The van der Waals surface area contributed by atoms with Gasteiger partial charge in [0.1, 0.15) is 36.5 Å². The number of aliphatic hydroxyl groups is 2. The third kappa shape index (κ3) is 9.17. The van der Waals surface area contributed by atoms with E-state index in [2.05, 4.69) is 10.3 Å². The zero-order chi connectivity index (χ0) is 32.2. The Morgan fingerprint density at radius 1 is 1.00 bits per heavy atom. The van der Waals surface area contributed by atoms with Crippen LogP contribution in [0.4, 0.5) is 0 Å². The van der Waals surface area contributed by atoms with Crippen molar-refractivity contribution in [3.63, 3.8) is 0 Å². The number of carbonyl (C=O) groups excluding carboxylic acids is 1. The predicted molar refractivity (Wildman–Crippen MR) is 172 cm³/mol. The van der Waals surface area contributed by atoms with Crippen LogP contribution in [0.3, 0.4) is 0 Å². The van der Waals surface area contributed by atoms with Gasteiger partial charge < -0.3 is 29.7 Å². The molecule has 4 rings (SSSR count). The van der Waals surface area contributed by atoms with Crippen molar-refractivity contribution >= 4 is 29.5 Å². The highest BCUT2D eigenvalue weighted by Crippen LogP contribution is 2.38. The molecule has 45 heavy (non-hydrogen) atoms. The Morgan fingerprint density at radius 3 is 2.56 bits per heavy atom. The van der Waals surface area contributed by atoms with Gasteiger partial charge in [0.05, 0.1) is 40.5 Å². The lowest BCUT2D eigenvalue weighted by molar-refractivity contribution is 0.0942. The zero-order valence-corrected chi connectivity index (χ0v) is 26.1. The van der Waals surface area contributed by atoms with Crippen LogP contribution in [0.1, 0.15) is 39.0 Å². The van der Waals surface area contributed by atoms with Gasteiger partial charge in [0.25, 0.3) is 0 Å². The third-order valence-corrected chi connectivity index (χ3v) is 7.62. The van der Waals surface area contributed by atoms with Gasteiger partial charge in [0.2, 0.25) is 0 Å². The summed E-state index contributed by atoms with van der Waals surface area (Å²) in [6.45, 7) is 3.36. The molecule has 0 aliphatic carbocycles. The smallest absolute Gasteiger partial charge is 0.153 e. The largest absolute Gasteiger partial charge is 0.492 e. The lowest BCUT2D eigenvalue weighted by Crippen LogP contribution is -2.30. The maximum Gasteiger partial charge on any atom is 0.153 e. The molecule has 0 unspecified atom stereocenters. The maximum atomic E-state index is 11.7. The minimum Gasteiger partial charge on any atom is -0.492 e. The number of nitrogens with zero attached hydrogens (tertiary/aromatic N) is 2. The monoisotopic (exact) mass is 649 g/mol. The number of aromatic nitrogens is 1. The van der Waals surface area contributed by atoms with Crippen molar-refractivity contribution in [3.8, 4) is 34.4 Å². The van der Waals surface area contributed by atoms with E-state index in [4.69, 9.17) is 47.8 Å². The molecular formula is C34H33Cl2N3O6. The molecule has 0 radical (unpaired) electrons. The van der Waals surface area contributed by atoms with E-state index in [1.54, 1.807) is 18.3 Å². The fourth-order valence-corrected chi connectivity index (χ4v) is 5.01. The first kappa shape index (κ1) is 33.7. The number of nitriles is 1. The number of aldehydes is 1. The molecule has 0 aliphatic rings. The first-order valence-electron chi connectivity index (χ1n) is 14.2. The highest BCUT2D eigenvalue weighted by molar-refractivity contribution is 6.35. The summed E-state index contributed by atoms with van der Waals surface area (Å²) < 4.78 is 17.9. The lowest BCUT2D eigenvalue weighted by Gasteiger charge is -2.17. The van der Waals surface area contributed by atoms with Crippen LogP contribution < -0.4 is 19.5 Å². The molecule has 9 nitrogen and oxygen atoms in total. The number of hydrogen-bond donors (Lipinski definition) is 3. The summed E-state index contributed by atoms with van der Waals surface area (Å²) >= 11 is 13.2. The summed E-state index contributed by atoms with van der Waals surface area (Å²) in [6.07, 6.45) is 3.62. The molecular weight excluding hydrogens is 617 g/mol. The van der Waals surface area contributed by atoms with Crippen LogP contribution >= 0.6 is 23.2 Å². The molecule has 0 saturated heterocycles. The topological polar surface area (TPSA) is 134 Å². The number of aliphatic hydroxyl groups excluding tert-OH is 2. The number of hydrogen-bond acceptors (Lipinski definition) is 9. The first-order chi connectivity index (χ1) is 21.8. The van der Waals surface area contributed by atoms with E-state index in [1.807, 2.05) is 49.4 Å². The van der Waals surface area contributed by atoms with Crippen LogP contribution in [-0.2, 0) is 13.2 Å². The maximum absolute atomic E-state index is 11.7. The average molecular weight is 651 g/mol. The summed E-state index contributed by atoms with van der Waals surface area (Å²) in [6, 6.07) is 18.3. The van der Waals surface area contributed by atoms with Crippen LogP contribution in [0.25, 0.3) is 11.1 Å². The van der Waals surface area contributed by atoms with E-state index >= 15 is 0 Å². The van der Waals surface area contributed by atoms with Gasteiger partial charge >= 0.3 is 0 Å². The molecule has 0 fully saturated rings. The zero-order valence-electron chi connectivity index (χ0n) is 24.6. The summed E-state index contributed by atoms with van der Waals surface area (Å²) in [5.41, 5.74) is 4.96. The van der Waals surface area contributed by atoms with E-state index in [1.165, 1.54) is 12.3 Å². The SMILES string of the molecule is Cc1c(COc2cc(OCc3cncc(C#N)c3)c(C=O)cc2Cl)cccc1-c1cccc(OCCCNC[C@H](O)CO)c1Cl. The fraction of sp³-hybridized carbons (Fsp3) is 0.265. The van der Waals surface area contributed by atoms with Crippen molar-refractivity contribution in [1.82, 2.24) is 10.3 Å².